The Morgan fingerprint density at radius 1 is 1.22 bits per heavy atom. The Morgan fingerprint density at radius 2 is 1.89 bits per heavy atom. The molecule has 1 aromatic heterocycles. The van der Waals surface area contributed by atoms with Crippen LogP contribution < -0.4 is 5.32 Å². The molecule has 0 bridgehead atoms. The van der Waals surface area contributed by atoms with Gasteiger partial charge in [-0.1, -0.05) is 11.6 Å². The lowest BCUT2D eigenvalue weighted by atomic mass is 10.2. The molecule has 1 N–H and O–H groups in total. The van der Waals surface area contributed by atoms with Crippen molar-refractivity contribution in [3.63, 3.8) is 0 Å². The minimum atomic E-state index is -0.775. The monoisotopic (exact) mass is 268 g/mol. The number of anilines is 1. The first-order valence-electron chi connectivity index (χ1n) is 4.94. The van der Waals surface area contributed by atoms with Crippen molar-refractivity contribution in [1.29, 1.82) is 0 Å². The molecule has 0 saturated carbocycles. The van der Waals surface area contributed by atoms with Gasteiger partial charge in [-0.3, -0.25) is 4.79 Å². The Labute approximate surface area is 106 Å². The highest BCUT2D eigenvalue weighted by Gasteiger charge is 2.11. The van der Waals surface area contributed by atoms with Crippen molar-refractivity contribution in [3.05, 3.63) is 58.9 Å². The number of amides is 1. The minimum Gasteiger partial charge on any atom is -0.322 e. The van der Waals surface area contributed by atoms with Crippen molar-refractivity contribution in [1.82, 2.24) is 4.98 Å². The molecule has 1 amide bonds. The van der Waals surface area contributed by atoms with E-state index < -0.39 is 17.5 Å². The molecule has 92 valence electrons. The summed E-state index contributed by atoms with van der Waals surface area (Å²) in [5, 5.41) is 2.36. The Bertz CT molecular complexity index is 584. The standard InChI is InChI=1S/C12H7ClF2N2O/c13-11-10(2-1-3-16-11)12(18)17-9-5-7(14)4-8(15)6-9/h1-6H,(H,17,18). The van der Waals surface area contributed by atoms with Crippen LogP contribution in [0.3, 0.4) is 0 Å². The maximum atomic E-state index is 12.9. The molecule has 2 aromatic rings. The number of hydrogen-bond donors (Lipinski definition) is 1. The van der Waals surface area contributed by atoms with Crippen molar-refractivity contribution < 1.29 is 13.6 Å². The summed E-state index contributed by atoms with van der Waals surface area (Å²) in [6.45, 7) is 0. The summed E-state index contributed by atoms with van der Waals surface area (Å²) in [6.07, 6.45) is 1.43. The molecule has 0 aliphatic rings. The zero-order valence-electron chi connectivity index (χ0n) is 8.95. The lowest BCUT2D eigenvalue weighted by molar-refractivity contribution is 0.102. The quantitative estimate of drug-likeness (QED) is 0.850. The molecule has 0 fully saturated rings. The van der Waals surface area contributed by atoms with Gasteiger partial charge in [0, 0.05) is 18.0 Å². The molecule has 6 heteroatoms. The van der Waals surface area contributed by atoms with E-state index in [1.165, 1.54) is 18.3 Å². The Morgan fingerprint density at radius 3 is 2.50 bits per heavy atom. The van der Waals surface area contributed by atoms with Gasteiger partial charge in [0.1, 0.15) is 16.8 Å². The number of benzene rings is 1. The minimum absolute atomic E-state index is 0.0115. The van der Waals surface area contributed by atoms with Crippen LogP contribution in [0, 0.1) is 11.6 Å². The zero-order chi connectivity index (χ0) is 13.1. The lowest BCUT2D eigenvalue weighted by Gasteiger charge is -2.06. The van der Waals surface area contributed by atoms with E-state index >= 15 is 0 Å². The first kappa shape index (κ1) is 12.4. The van der Waals surface area contributed by atoms with Crippen LogP contribution in [0.15, 0.2) is 36.5 Å². The van der Waals surface area contributed by atoms with Crippen molar-refractivity contribution in [2.24, 2.45) is 0 Å². The molecule has 1 heterocycles. The molecular formula is C12H7ClF2N2O. The Hall–Kier alpha value is -2.01. The van der Waals surface area contributed by atoms with E-state index in [2.05, 4.69) is 10.3 Å². The topological polar surface area (TPSA) is 42.0 Å². The number of aromatic nitrogens is 1. The molecule has 0 atom stereocenters. The maximum absolute atomic E-state index is 12.9. The highest BCUT2D eigenvalue weighted by atomic mass is 35.5. The van der Waals surface area contributed by atoms with E-state index in [1.54, 1.807) is 0 Å². The zero-order valence-corrected chi connectivity index (χ0v) is 9.71. The number of nitrogens with zero attached hydrogens (tertiary/aromatic N) is 1. The smallest absolute Gasteiger partial charge is 0.258 e. The summed E-state index contributed by atoms with van der Waals surface area (Å²) in [6, 6.07) is 5.72. The van der Waals surface area contributed by atoms with Gasteiger partial charge in [-0.25, -0.2) is 13.8 Å². The van der Waals surface area contributed by atoms with Gasteiger partial charge in [0.15, 0.2) is 0 Å². The Kier molecular flexibility index (Phi) is 3.53. The second-order valence-electron chi connectivity index (χ2n) is 3.45. The van der Waals surface area contributed by atoms with Crippen LogP contribution in [0.5, 0.6) is 0 Å². The molecule has 18 heavy (non-hydrogen) atoms. The second-order valence-corrected chi connectivity index (χ2v) is 3.81. The third-order valence-electron chi connectivity index (χ3n) is 2.12. The highest BCUT2D eigenvalue weighted by Crippen LogP contribution is 2.16. The largest absolute Gasteiger partial charge is 0.322 e. The van der Waals surface area contributed by atoms with Gasteiger partial charge in [-0.15, -0.1) is 0 Å². The van der Waals surface area contributed by atoms with Gasteiger partial charge in [0.25, 0.3) is 5.91 Å². The Balaban J connectivity index is 2.24. The number of hydrogen-bond acceptors (Lipinski definition) is 2. The molecule has 3 nitrogen and oxygen atoms in total. The summed E-state index contributed by atoms with van der Waals surface area (Å²) >= 11 is 5.73. The lowest BCUT2D eigenvalue weighted by Crippen LogP contribution is -2.13. The van der Waals surface area contributed by atoms with Crippen molar-refractivity contribution >= 4 is 23.2 Å². The van der Waals surface area contributed by atoms with Gasteiger partial charge in [-0.2, -0.15) is 0 Å². The number of pyridine rings is 1. The SMILES string of the molecule is O=C(Nc1cc(F)cc(F)c1)c1cccnc1Cl. The predicted molar refractivity (Wildman–Crippen MR) is 63.6 cm³/mol. The summed E-state index contributed by atoms with van der Waals surface area (Å²) in [5.74, 6) is -2.14. The van der Waals surface area contributed by atoms with Crippen LogP contribution in [-0.2, 0) is 0 Å². The number of carbonyl (C=O) groups excluding carboxylic acids is 1. The average molecular weight is 269 g/mol. The van der Waals surface area contributed by atoms with E-state index in [0.29, 0.717) is 6.07 Å². The fourth-order valence-corrected chi connectivity index (χ4v) is 1.58. The molecule has 0 saturated heterocycles. The van der Waals surface area contributed by atoms with E-state index in [0.717, 1.165) is 12.1 Å². The normalized spacial score (nSPS) is 10.2. The number of halogens is 3. The van der Waals surface area contributed by atoms with Gasteiger partial charge >= 0.3 is 0 Å². The molecule has 0 spiro atoms. The molecular weight excluding hydrogens is 262 g/mol. The molecule has 1 aromatic carbocycles. The van der Waals surface area contributed by atoms with Crippen LogP contribution >= 0.6 is 11.6 Å². The number of rotatable bonds is 2. The van der Waals surface area contributed by atoms with Gasteiger partial charge in [-0.05, 0) is 24.3 Å². The molecule has 2 rings (SSSR count). The van der Waals surface area contributed by atoms with Crippen LogP contribution in [0.1, 0.15) is 10.4 Å². The van der Waals surface area contributed by atoms with Crippen molar-refractivity contribution in [2.45, 2.75) is 0 Å². The van der Waals surface area contributed by atoms with Crippen LogP contribution in [0.4, 0.5) is 14.5 Å². The fourth-order valence-electron chi connectivity index (χ4n) is 1.38. The molecule has 0 aliphatic heterocycles. The summed E-state index contributed by atoms with van der Waals surface area (Å²) < 4.78 is 25.9. The summed E-state index contributed by atoms with van der Waals surface area (Å²) in [4.78, 5) is 15.5. The van der Waals surface area contributed by atoms with Gasteiger partial charge in [0.05, 0.1) is 5.56 Å². The average Bonchev–Trinajstić information content (AvgIpc) is 2.27. The number of nitrogens with one attached hydrogen (secondary N) is 1. The molecule has 0 radical (unpaired) electrons. The third kappa shape index (κ3) is 2.81. The van der Waals surface area contributed by atoms with Crippen LogP contribution in [0.25, 0.3) is 0 Å². The molecule has 0 aliphatic carbocycles. The van der Waals surface area contributed by atoms with Gasteiger partial charge < -0.3 is 5.32 Å². The fraction of sp³-hybridized carbons (Fsp3) is 0. The van der Waals surface area contributed by atoms with Gasteiger partial charge in [0.2, 0.25) is 0 Å². The predicted octanol–water partition coefficient (Wildman–Crippen LogP) is 3.27. The molecule has 0 unspecified atom stereocenters. The van der Waals surface area contributed by atoms with E-state index in [1.807, 2.05) is 0 Å². The van der Waals surface area contributed by atoms with E-state index in [9.17, 15) is 13.6 Å². The van der Waals surface area contributed by atoms with E-state index in [-0.39, 0.29) is 16.4 Å². The maximum Gasteiger partial charge on any atom is 0.258 e. The second kappa shape index (κ2) is 5.10. The third-order valence-corrected chi connectivity index (χ3v) is 2.43. The highest BCUT2D eigenvalue weighted by molar-refractivity contribution is 6.33. The summed E-state index contributed by atoms with van der Waals surface area (Å²) in [7, 11) is 0. The van der Waals surface area contributed by atoms with Crippen LogP contribution in [0.2, 0.25) is 5.15 Å². The first-order chi connectivity index (χ1) is 8.56. The number of carbonyl (C=O) groups is 1. The first-order valence-corrected chi connectivity index (χ1v) is 5.32. The van der Waals surface area contributed by atoms with E-state index in [4.69, 9.17) is 11.6 Å². The van der Waals surface area contributed by atoms with Crippen LogP contribution in [-0.4, -0.2) is 10.9 Å². The summed E-state index contributed by atoms with van der Waals surface area (Å²) in [5.41, 5.74) is 0.140. The van der Waals surface area contributed by atoms with Crippen molar-refractivity contribution in [2.75, 3.05) is 5.32 Å². The van der Waals surface area contributed by atoms with Crippen molar-refractivity contribution in [3.8, 4) is 0 Å².